The van der Waals surface area contributed by atoms with Gasteiger partial charge in [0.2, 0.25) is 0 Å². The van der Waals surface area contributed by atoms with Crippen LogP contribution in [-0.4, -0.2) is 29.1 Å². The fourth-order valence-electron chi connectivity index (χ4n) is 2.56. The number of halogens is 1. The van der Waals surface area contributed by atoms with E-state index in [1.807, 2.05) is 0 Å². The van der Waals surface area contributed by atoms with Crippen LogP contribution in [0.5, 0.6) is 5.75 Å². The van der Waals surface area contributed by atoms with Gasteiger partial charge in [0.15, 0.2) is 0 Å². The molecule has 0 bridgehead atoms. The largest absolute Gasteiger partial charge is 0.508 e. The van der Waals surface area contributed by atoms with Crippen molar-refractivity contribution in [2.75, 3.05) is 13.1 Å². The van der Waals surface area contributed by atoms with Crippen molar-refractivity contribution in [1.29, 1.82) is 0 Å². The second-order valence-electron chi connectivity index (χ2n) is 5.25. The van der Waals surface area contributed by atoms with Gasteiger partial charge in [0, 0.05) is 18.2 Å². The summed E-state index contributed by atoms with van der Waals surface area (Å²) in [6.07, 6.45) is 2.15. The van der Waals surface area contributed by atoms with E-state index < -0.39 is 0 Å². The number of piperidine rings is 1. The number of hydrogen-bond donors (Lipinski definition) is 2. The Bertz CT molecular complexity index is 401. The lowest BCUT2D eigenvalue weighted by atomic mass is 9.91. The van der Waals surface area contributed by atoms with E-state index in [1.165, 1.54) is 18.2 Å². The molecular formula is C14H21FN2O. The highest BCUT2D eigenvalue weighted by molar-refractivity contribution is 5.32. The van der Waals surface area contributed by atoms with Crippen molar-refractivity contribution in [3.05, 3.63) is 29.6 Å². The average molecular weight is 252 g/mol. The van der Waals surface area contributed by atoms with Gasteiger partial charge in [0.25, 0.3) is 0 Å². The van der Waals surface area contributed by atoms with Crippen molar-refractivity contribution in [3.63, 3.8) is 0 Å². The number of nitrogens with two attached hydrogens (primary N) is 1. The Kier molecular flexibility index (Phi) is 4.19. The van der Waals surface area contributed by atoms with Crippen molar-refractivity contribution in [2.24, 2.45) is 11.7 Å². The zero-order valence-corrected chi connectivity index (χ0v) is 10.8. The second-order valence-corrected chi connectivity index (χ2v) is 5.25. The van der Waals surface area contributed by atoms with Crippen molar-refractivity contribution in [1.82, 2.24) is 4.90 Å². The first-order chi connectivity index (χ1) is 8.56. The van der Waals surface area contributed by atoms with Gasteiger partial charge in [0.05, 0.1) is 0 Å². The lowest BCUT2D eigenvalue weighted by molar-refractivity contribution is 0.164. The first-order valence-corrected chi connectivity index (χ1v) is 6.51. The van der Waals surface area contributed by atoms with Crippen molar-refractivity contribution < 1.29 is 9.50 Å². The number of phenols is 1. The van der Waals surface area contributed by atoms with Gasteiger partial charge in [-0.25, -0.2) is 4.39 Å². The maximum absolute atomic E-state index is 13.1. The van der Waals surface area contributed by atoms with E-state index in [2.05, 4.69) is 11.8 Å². The van der Waals surface area contributed by atoms with E-state index in [9.17, 15) is 9.50 Å². The standard InChI is InChI=1S/C14H21FN2O/c1-10(16)11-4-6-17(7-5-11)9-12-8-13(15)2-3-14(12)18/h2-3,8,10-11,18H,4-7,9,16H2,1H3. The molecule has 1 aliphatic heterocycles. The third-order valence-electron chi connectivity index (χ3n) is 3.81. The minimum absolute atomic E-state index is 0.172. The molecule has 1 aliphatic rings. The number of likely N-dealkylation sites (tertiary alicyclic amines) is 1. The second kappa shape index (κ2) is 5.67. The molecule has 100 valence electrons. The molecule has 3 N–H and O–H groups in total. The van der Waals surface area contributed by atoms with Crippen LogP contribution in [0.4, 0.5) is 4.39 Å². The third kappa shape index (κ3) is 3.21. The topological polar surface area (TPSA) is 49.5 Å². The van der Waals surface area contributed by atoms with Crippen LogP contribution in [0.1, 0.15) is 25.3 Å². The molecule has 18 heavy (non-hydrogen) atoms. The van der Waals surface area contributed by atoms with Crippen LogP contribution in [0.3, 0.4) is 0 Å². The molecule has 1 aromatic rings. The number of nitrogens with zero attached hydrogens (tertiary/aromatic N) is 1. The number of aromatic hydroxyl groups is 1. The summed E-state index contributed by atoms with van der Waals surface area (Å²) in [4.78, 5) is 2.24. The molecule has 0 amide bonds. The molecule has 2 rings (SSSR count). The van der Waals surface area contributed by atoms with Gasteiger partial charge in [-0.3, -0.25) is 4.90 Å². The summed E-state index contributed by atoms with van der Waals surface area (Å²) in [6.45, 7) is 4.58. The SMILES string of the molecule is CC(N)C1CCN(Cc2cc(F)ccc2O)CC1. The summed E-state index contributed by atoms with van der Waals surface area (Å²) in [5.74, 6) is 0.460. The van der Waals surface area contributed by atoms with Crippen molar-refractivity contribution in [3.8, 4) is 5.75 Å². The molecule has 1 atom stereocenters. The normalized spacial score (nSPS) is 19.9. The lowest BCUT2D eigenvalue weighted by Gasteiger charge is -2.33. The Morgan fingerprint density at radius 3 is 2.72 bits per heavy atom. The summed E-state index contributed by atoms with van der Waals surface area (Å²) < 4.78 is 13.1. The molecule has 1 aromatic carbocycles. The fraction of sp³-hybridized carbons (Fsp3) is 0.571. The van der Waals surface area contributed by atoms with E-state index in [0.717, 1.165) is 25.9 Å². The predicted molar refractivity (Wildman–Crippen MR) is 69.7 cm³/mol. The Labute approximate surface area is 107 Å². The molecule has 0 saturated carbocycles. The summed E-state index contributed by atoms with van der Waals surface area (Å²) in [6, 6.07) is 4.35. The van der Waals surface area contributed by atoms with E-state index in [0.29, 0.717) is 18.0 Å². The van der Waals surface area contributed by atoms with E-state index in [1.54, 1.807) is 0 Å². The minimum Gasteiger partial charge on any atom is -0.508 e. The van der Waals surface area contributed by atoms with Gasteiger partial charge in [-0.2, -0.15) is 0 Å². The number of phenolic OH excluding ortho intramolecular Hbond substituents is 1. The molecule has 0 aliphatic carbocycles. The van der Waals surface area contributed by atoms with Gasteiger partial charge < -0.3 is 10.8 Å². The minimum atomic E-state index is -0.298. The highest BCUT2D eigenvalue weighted by atomic mass is 19.1. The molecular weight excluding hydrogens is 231 g/mol. The first kappa shape index (κ1) is 13.3. The number of benzene rings is 1. The van der Waals surface area contributed by atoms with Crippen LogP contribution in [-0.2, 0) is 6.54 Å². The Morgan fingerprint density at radius 2 is 2.11 bits per heavy atom. The zero-order valence-electron chi connectivity index (χ0n) is 10.8. The Balaban J connectivity index is 1.93. The molecule has 3 nitrogen and oxygen atoms in total. The van der Waals surface area contributed by atoms with Crippen molar-refractivity contribution in [2.45, 2.75) is 32.4 Å². The molecule has 1 heterocycles. The number of hydrogen-bond acceptors (Lipinski definition) is 3. The van der Waals surface area contributed by atoms with Crippen molar-refractivity contribution >= 4 is 0 Å². The summed E-state index contributed by atoms with van der Waals surface area (Å²) in [5, 5.41) is 9.69. The van der Waals surface area contributed by atoms with E-state index in [4.69, 9.17) is 5.73 Å². The zero-order chi connectivity index (χ0) is 13.1. The van der Waals surface area contributed by atoms with Crippen LogP contribution < -0.4 is 5.73 Å². The number of rotatable bonds is 3. The van der Waals surface area contributed by atoms with E-state index in [-0.39, 0.29) is 17.6 Å². The maximum Gasteiger partial charge on any atom is 0.123 e. The van der Waals surface area contributed by atoms with Crippen LogP contribution in [0, 0.1) is 11.7 Å². The average Bonchev–Trinajstić information content (AvgIpc) is 2.34. The Morgan fingerprint density at radius 1 is 1.44 bits per heavy atom. The monoisotopic (exact) mass is 252 g/mol. The van der Waals surface area contributed by atoms with Crippen LogP contribution in [0.25, 0.3) is 0 Å². The Hall–Kier alpha value is -1.13. The van der Waals surface area contributed by atoms with Crippen LogP contribution in [0.2, 0.25) is 0 Å². The van der Waals surface area contributed by atoms with Crippen LogP contribution >= 0.6 is 0 Å². The molecule has 1 saturated heterocycles. The summed E-state index contributed by atoms with van der Waals surface area (Å²) in [5.41, 5.74) is 6.56. The molecule has 1 fully saturated rings. The molecule has 4 heteroatoms. The third-order valence-corrected chi connectivity index (χ3v) is 3.81. The lowest BCUT2D eigenvalue weighted by Crippen LogP contribution is -2.39. The van der Waals surface area contributed by atoms with Crippen LogP contribution in [0.15, 0.2) is 18.2 Å². The predicted octanol–water partition coefficient (Wildman–Crippen LogP) is 2.09. The van der Waals surface area contributed by atoms with Gasteiger partial charge in [-0.15, -0.1) is 0 Å². The summed E-state index contributed by atoms with van der Waals surface area (Å²) >= 11 is 0. The molecule has 0 aromatic heterocycles. The van der Waals surface area contributed by atoms with E-state index >= 15 is 0 Å². The maximum atomic E-state index is 13.1. The molecule has 0 spiro atoms. The van der Waals surface area contributed by atoms with Gasteiger partial charge in [-0.1, -0.05) is 0 Å². The quantitative estimate of drug-likeness (QED) is 0.866. The fourth-order valence-corrected chi connectivity index (χ4v) is 2.56. The molecule has 1 unspecified atom stereocenters. The first-order valence-electron chi connectivity index (χ1n) is 6.51. The van der Waals surface area contributed by atoms with Gasteiger partial charge >= 0.3 is 0 Å². The van der Waals surface area contributed by atoms with Gasteiger partial charge in [-0.05, 0) is 57.0 Å². The highest BCUT2D eigenvalue weighted by Gasteiger charge is 2.22. The van der Waals surface area contributed by atoms with Gasteiger partial charge in [0.1, 0.15) is 11.6 Å². The molecule has 0 radical (unpaired) electrons. The summed E-state index contributed by atoms with van der Waals surface area (Å²) in [7, 11) is 0. The smallest absolute Gasteiger partial charge is 0.123 e. The highest BCUT2D eigenvalue weighted by Crippen LogP contribution is 2.24.